The molecule has 0 aliphatic carbocycles. The van der Waals surface area contributed by atoms with E-state index < -0.39 is 0 Å². The zero-order valence-electron chi connectivity index (χ0n) is 17.7. The minimum absolute atomic E-state index is 0.0639. The number of methoxy groups -OCH3 is 1. The fraction of sp³-hybridized carbons (Fsp3) is 0.435. The van der Waals surface area contributed by atoms with Crippen LogP contribution in [0.25, 0.3) is 0 Å². The van der Waals surface area contributed by atoms with Crippen molar-refractivity contribution in [3.8, 4) is 5.75 Å². The number of hydrogen-bond acceptors (Lipinski definition) is 4. The van der Waals surface area contributed by atoms with Crippen LogP contribution in [0, 0.1) is 0 Å². The first-order valence-corrected chi connectivity index (χ1v) is 9.85. The molecule has 0 bridgehead atoms. The lowest BCUT2D eigenvalue weighted by Gasteiger charge is -2.36. The molecule has 0 spiro atoms. The topological polar surface area (TPSA) is 51.2 Å². The lowest BCUT2D eigenvalue weighted by molar-refractivity contribution is -0.0948. The van der Waals surface area contributed by atoms with Crippen molar-refractivity contribution in [2.75, 3.05) is 46.4 Å². The van der Waals surface area contributed by atoms with Gasteiger partial charge in [0.1, 0.15) is 12.4 Å². The van der Waals surface area contributed by atoms with Gasteiger partial charge >= 0.3 is 6.03 Å². The van der Waals surface area contributed by atoms with Crippen LogP contribution in [0.2, 0.25) is 0 Å². The summed E-state index contributed by atoms with van der Waals surface area (Å²) < 4.78 is 17.4. The van der Waals surface area contributed by atoms with Gasteiger partial charge in [-0.25, -0.2) is 4.79 Å². The molecular formula is C23H30N2O4. The van der Waals surface area contributed by atoms with Crippen molar-refractivity contribution in [3.05, 3.63) is 59.7 Å². The quantitative estimate of drug-likeness (QED) is 0.737. The molecule has 29 heavy (non-hydrogen) atoms. The monoisotopic (exact) mass is 398 g/mol. The molecule has 1 aliphatic heterocycles. The van der Waals surface area contributed by atoms with E-state index in [0.29, 0.717) is 19.8 Å². The Balaban J connectivity index is 1.65. The molecular weight excluding hydrogens is 368 g/mol. The molecule has 1 aliphatic rings. The molecule has 0 saturated carbocycles. The maximum absolute atomic E-state index is 12.1. The second-order valence-corrected chi connectivity index (χ2v) is 7.53. The van der Waals surface area contributed by atoms with Gasteiger partial charge < -0.3 is 19.1 Å². The van der Waals surface area contributed by atoms with E-state index in [2.05, 4.69) is 12.1 Å². The summed E-state index contributed by atoms with van der Waals surface area (Å²) in [7, 11) is 7.01. The van der Waals surface area contributed by atoms with Gasteiger partial charge in [0, 0.05) is 60.0 Å². The summed E-state index contributed by atoms with van der Waals surface area (Å²) in [6, 6.07) is 15.9. The Morgan fingerprint density at radius 1 is 1.07 bits per heavy atom. The van der Waals surface area contributed by atoms with Crippen LogP contribution in [-0.2, 0) is 21.7 Å². The highest BCUT2D eigenvalue weighted by Crippen LogP contribution is 2.36. The van der Waals surface area contributed by atoms with Gasteiger partial charge in [-0.2, -0.15) is 0 Å². The van der Waals surface area contributed by atoms with Crippen LogP contribution in [0.5, 0.6) is 5.75 Å². The second-order valence-electron chi connectivity index (χ2n) is 7.53. The molecule has 2 aromatic carbocycles. The van der Waals surface area contributed by atoms with Crippen molar-refractivity contribution in [2.45, 2.75) is 25.0 Å². The predicted molar refractivity (Wildman–Crippen MR) is 113 cm³/mol. The van der Waals surface area contributed by atoms with Crippen LogP contribution in [0.15, 0.2) is 48.5 Å². The van der Waals surface area contributed by atoms with E-state index in [1.807, 2.05) is 36.4 Å². The summed E-state index contributed by atoms with van der Waals surface area (Å²) in [4.78, 5) is 15.2. The van der Waals surface area contributed by atoms with Gasteiger partial charge in [-0.15, -0.1) is 0 Å². The highest BCUT2D eigenvalue weighted by atomic mass is 16.5. The average Bonchev–Trinajstić information content (AvgIpc) is 2.77. The van der Waals surface area contributed by atoms with E-state index in [-0.39, 0.29) is 11.6 Å². The van der Waals surface area contributed by atoms with Gasteiger partial charge in [0.05, 0.1) is 5.60 Å². The summed E-state index contributed by atoms with van der Waals surface area (Å²) in [5.41, 5.74) is 2.70. The van der Waals surface area contributed by atoms with E-state index in [4.69, 9.17) is 14.2 Å². The van der Waals surface area contributed by atoms with Crippen molar-refractivity contribution in [2.24, 2.45) is 0 Å². The van der Waals surface area contributed by atoms with E-state index in [9.17, 15) is 4.79 Å². The van der Waals surface area contributed by atoms with E-state index >= 15 is 0 Å². The van der Waals surface area contributed by atoms with Gasteiger partial charge in [-0.1, -0.05) is 24.3 Å². The lowest BCUT2D eigenvalue weighted by atomic mass is 9.86. The molecule has 0 radical (unpaired) electrons. The van der Waals surface area contributed by atoms with Gasteiger partial charge in [0.25, 0.3) is 0 Å². The average molecular weight is 399 g/mol. The number of nitrogens with zero attached hydrogens (tertiary/aromatic N) is 2. The molecule has 0 atom stereocenters. The minimum atomic E-state index is -0.303. The number of urea groups is 1. The zero-order valence-corrected chi connectivity index (χ0v) is 17.7. The van der Waals surface area contributed by atoms with Gasteiger partial charge in [-0.05, 0) is 35.4 Å². The summed E-state index contributed by atoms with van der Waals surface area (Å²) in [6.07, 6.45) is 1.68. The van der Waals surface area contributed by atoms with Gasteiger partial charge in [0.2, 0.25) is 0 Å². The molecule has 0 unspecified atom stereocenters. The molecule has 2 aromatic rings. The maximum atomic E-state index is 12.1. The second kappa shape index (κ2) is 9.29. The molecule has 0 aromatic heterocycles. The summed E-state index contributed by atoms with van der Waals surface area (Å²) >= 11 is 0. The number of ether oxygens (including phenoxy) is 3. The number of carbonyl (C=O) groups excluding carboxylic acids is 1. The van der Waals surface area contributed by atoms with Crippen LogP contribution in [0.4, 0.5) is 10.5 Å². The summed E-state index contributed by atoms with van der Waals surface area (Å²) in [5.74, 6) is 0.814. The van der Waals surface area contributed by atoms with Crippen LogP contribution < -0.4 is 9.64 Å². The smallest absolute Gasteiger partial charge is 0.323 e. The number of benzene rings is 2. The normalized spacial score (nSPS) is 15.6. The molecule has 1 saturated heterocycles. The number of anilines is 1. The molecule has 3 rings (SSSR count). The summed E-state index contributed by atoms with van der Waals surface area (Å²) in [6.45, 7) is 1.87. The highest BCUT2D eigenvalue weighted by molar-refractivity contribution is 5.91. The Hall–Kier alpha value is -2.57. The van der Waals surface area contributed by atoms with Crippen LogP contribution in [-0.4, -0.2) is 52.4 Å². The Bertz CT molecular complexity index is 814. The Morgan fingerprint density at radius 2 is 1.76 bits per heavy atom. The Labute approximate surface area is 173 Å². The van der Waals surface area contributed by atoms with Crippen LogP contribution >= 0.6 is 0 Å². The fourth-order valence-electron chi connectivity index (χ4n) is 3.57. The standard InChI is InChI=1S/C23H30N2O4/c1-24(2)22(26)25(3)20-10-8-18(9-11-20)17-29-21-7-5-6-19(16-21)23(27-4)12-14-28-15-13-23/h5-11,16H,12-15,17H2,1-4H3. The third kappa shape index (κ3) is 4.89. The van der Waals surface area contributed by atoms with E-state index in [1.165, 1.54) is 0 Å². The Kier molecular flexibility index (Phi) is 6.77. The van der Waals surface area contributed by atoms with Crippen molar-refractivity contribution >= 4 is 11.7 Å². The molecule has 2 amide bonds. The third-order valence-corrected chi connectivity index (χ3v) is 5.45. The first kappa shape index (κ1) is 21.1. The molecule has 1 fully saturated rings. The molecule has 6 heteroatoms. The van der Waals surface area contributed by atoms with Crippen molar-refractivity contribution in [1.82, 2.24) is 4.90 Å². The predicted octanol–water partition coefficient (Wildman–Crippen LogP) is 4.04. The van der Waals surface area contributed by atoms with E-state index in [1.54, 1.807) is 38.1 Å². The molecule has 156 valence electrons. The van der Waals surface area contributed by atoms with Gasteiger partial charge in [-0.3, -0.25) is 4.90 Å². The first-order chi connectivity index (χ1) is 13.9. The molecule has 1 heterocycles. The Morgan fingerprint density at radius 3 is 2.38 bits per heavy atom. The number of rotatable bonds is 6. The van der Waals surface area contributed by atoms with Crippen LogP contribution in [0.3, 0.4) is 0 Å². The maximum Gasteiger partial charge on any atom is 0.323 e. The third-order valence-electron chi connectivity index (χ3n) is 5.45. The van der Waals surface area contributed by atoms with Gasteiger partial charge in [0.15, 0.2) is 0 Å². The number of amides is 2. The number of carbonyl (C=O) groups is 1. The molecule has 6 nitrogen and oxygen atoms in total. The first-order valence-electron chi connectivity index (χ1n) is 9.85. The minimum Gasteiger partial charge on any atom is -0.489 e. The van der Waals surface area contributed by atoms with Crippen molar-refractivity contribution in [3.63, 3.8) is 0 Å². The van der Waals surface area contributed by atoms with Crippen molar-refractivity contribution < 1.29 is 19.0 Å². The van der Waals surface area contributed by atoms with Crippen LogP contribution in [0.1, 0.15) is 24.0 Å². The highest BCUT2D eigenvalue weighted by Gasteiger charge is 2.34. The fourth-order valence-corrected chi connectivity index (χ4v) is 3.57. The summed E-state index contributed by atoms with van der Waals surface area (Å²) in [5, 5.41) is 0. The zero-order chi connectivity index (χ0) is 20.9. The lowest BCUT2D eigenvalue weighted by Crippen LogP contribution is -2.36. The SMILES string of the molecule is COC1(c2cccc(OCc3ccc(N(C)C(=O)N(C)C)cc3)c2)CCOCC1. The number of hydrogen-bond donors (Lipinski definition) is 0. The van der Waals surface area contributed by atoms with E-state index in [0.717, 1.165) is 35.4 Å². The molecule has 0 N–H and O–H groups in total. The van der Waals surface area contributed by atoms with Crippen molar-refractivity contribution in [1.29, 1.82) is 0 Å². The largest absolute Gasteiger partial charge is 0.489 e.